The summed E-state index contributed by atoms with van der Waals surface area (Å²) in [5, 5.41) is 9.42. The van der Waals surface area contributed by atoms with E-state index in [9.17, 15) is 14.7 Å². The lowest BCUT2D eigenvalue weighted by atomic mass is 9.94. The molecule has 1 aromatic rings. The molecule has 0 saturated carbocycles. The molecule has 1 aliphatic heterocycles. The third kappa shape index (κ3) is 6.21. The number of carboxylic acids is 1. The Balaban J connectivity index is 2.16. The van der Waals surface area contributed by atoms with Gasteiger partial charge in [-0.3, -0.25) is 4.79 Å². The number of benzene rings is 1. The molecule has 3 N–H and O–H groups in total. The lowest BCUT2D eigenvalue weighted by Crippen LogP contribution is -2.43. The zero-order chi connectivity index (χ0) is 19.8. The predicted octanol–water partition coefficient (Wildman–Crippen LogP) is 3.24. The van der Waals surface area contributed by atoms with E-state index in [4.69, 9.17) is 5.73 Å². The molecule has 0 aromatic heterocycles. The van der Waals surface area contributed by atoms with Gasteiger partial charge in [-0.25, -0.2) is 4.79 Å². The third-order valence-electron chi connectivity index (χ3n) is 5.40. The van der Waals surface area contributed by atoms with Crippen molar-refractivity contribution in [2.75, 3.05) is 6.54 Å². The van der Waals surface area contributed by atoms with Crippen molar-refractivity contribution >= 4 is 11.9 Å². The smallest absolute Gasteiger partial charge is 0.326 e. The minimum atomic E-state index is -0.920. The first-order chi connectivity index (χ1) is 12.9. The van der Waals surface area contributed by atoms with Crippen molar-refractivity contribution in [1.29, 1.82) is 0 Å². The lowest BCUT2D eigenvalue weighted by Gasteiger charge is -2.25. The van der Waals surface area contributed by atoms with Crippen LogP contribution in [0.15, 0.2) is 42.5 Å². The fraction of sp³-hybridized carbons (Fsp3) is 0.545. The van der Waals surface area contributed by atoms with E-state index in [2.05, 4.69) is 13.8 Å². The molecule has 1 saturated heterocycles. The maximum Gasteiger partial charge on any atom is 0.326 e. The number of nitrogens with zero attached hydrogens (tertiary/aromatic N) is 1. The average molecular weight is 373 g/mol. The second-order valence-corrected chi connectivity index (χ2v) is 7.62. The number of aliphatic carboxylic acids is 1. The van der Waals surface area contributed by atoms with Crippen LogP contribution in [-0.4, -0.2) is 40.5 Å². The van der Waals surface area contributed by atoms with Crippen LogP contribution >= 0.6 is 0 Å². The second kappa shape index (κ2) is 10.3. The molecule has 148 valence electrons. The van der Waals surface area contributed by atoms with E-state index in [1.165, 1.54) is 4.90 Å². The SMILES string of the molecule is CCC(C)C[C@H](N)/C=C/[C@H](Cc1ccccc1)C(=O)N1CCC[C@@H]1C(=O)O. The van der Waals surface area contributed by atoms with Crippen molar-refractivity contribution in [1.82, 2.24) is 4.90 Å². The standard InChI is InChI=1S/C22H32N2O3/c1-3-16(2)14-19(23)12-11-18(15-17-8-5-4-6-9-17)21(25)24-13-7-10-20(24)22(26)27/h4-6,8-9,11-12,16,18-20H,3,7,10,13-15,23H2,1-2H3,(H,26,27)/b12-11+/t16?,18-,19-,20-/m1/s1. The first-order valence-corrected chi connectivity index (χ1v) is 9.93. The number of likely N-dealkylation sites (tertiary alicyclic amines) is 1. The summed E-state index contributed by atoms with van der Waals surface area (Å²) in [7, 11) is 0. The fourth-order valence-electron chi connectivity index (χ4n) is 3.59. The van der Waals surface area contributed by atoms with Gasteiger partial charge in [-0.2, -0.15) is 0 Å². The number of carbonyl (C=O) groups is 2. The van der Waals surface area contributed by atoms with Gasteiger partial charge in [0.05, 0.1) is 5.92 Å². The van der Waals surface area contributed by atoms with Crippen molar-refractivity contribution < 1.29 is 14.7 Å². The van der Waals surface area contributed by atoms with Crippen LogP contribution in [0.4, 0.5) is 0 Å². The highest BCUT2D eigenvalue weighted by atomic mass is 16.4. The number of carboxylic acid groups (broad SMARTS) is 1. The monoisotopic (exact) mass is 372 g/mol. The van der Waals surface area contributed by atoms with Crippen LogP contribution in [0, 0.1) is 11.8 Å². The number of hydrogen-bond acceptors (Lipinski definition) is 3. The third-order valence-corrected chi connectivity index (χ3v) is 5.40. The molecule has 1 heterocycles. The molecule has 0 spiro atoms. The molecule has 5 nitrogen and oxygen atoms in total. The Kier molecular flexibility index (Phi) is 8.04. The van der Waals surface area contributed by atoms with E-state index in [0.717, 1.165) is 24.8 Å². The van der Waals surface area contributed by atoms with Crippen LogP contribution in [0.5, 0.6) is 0 Å². The maximum atomic E-state index is 13.1. The minimum absolute atomic E-state index is 0.0973. The Labute approximate surface area is 162 Å². The molecule has 27 heavy (non-hydrogen) atoms. The van der Waals surface area contributed by atoms with Crippen LogP contribution in [0.3, 0.4) is 0 Å². The van der Waals surface area contributed by atoms with Crippen molar-refractivity contribution in [3.05, 3.63) is 48.0 Å². The molecule has 0 radical (unpaired) electrons. The predicted molar refractivity (Wildman–Crippen MR) is 107 cm³/mol. The number of carbonyl (C=O) groups excluding carboxylic acids is 1. The second-order valence-electron chi connectivity index (χ2n) is 7.62. The molecular weight excluding hydrogens is 340 g/mol. The van der Waals surface area contributed by atoms with Gasteiger partial charge < -0.3 is 15.7 Å². The van der Waals surface area contributed by atoms with E-state index in [0.29, 0.717) is 25.3 Å². The van der Waals surface area contributed by atoms with E-state index < -0.39 is 17.9 Å². The normalized spacial score (nSPS) is 20.6. The molecule has 1 amide bonds. The quantitative estimate of drug-likeness (QED) is 0.652. The summed E-state index contributed by atoms with van der Waals surface area (Å²) in [6.45, 7) is 4.82. The summed E-state index contributed by atoms with van der Waals surface area (Å²) in [6.07, 6.45) is 7.56. The zero-order valence-corrected chi connectivity index (χ0v) is 16.4. The van der Waals surface area contributed by atoms with Gasteiger partial charge in [-0.1, -0.05) is 62.8 Å². The summed E-state index contributed by atoms with van der Waals surface area (Å²) in [6, 6.07) is 9.02. The zero-order valence-electron chi connectivity index (χ0n) is 16.4. The van der Waals surface area contributed by atoms with Crippen LogP contribution in [0.25, 0.3) is 0 Å². The van der Waals surface area contributed by atoms with Gasteiger partial charge in [0.1, 0.15) is 6.04 Å². The topological polar surface area (TPSA) is 83.6 Å². The molecule has 4 atom stereocenters. The Morgan fingerprint density at radius 2 is 2.00 bits per heavy atom. The molecular formula is C22H32N2O3. The van der Waals surface area contributed by atoms with Crippen LogP contribution < -0.4 is 5.73 Å². The van der Waals surface area contributed by atoms with E-state index in [-0.39, 0.29) is 11.9 Å². The van der Waals surface area contributed by atoms with Crippen LogP contribution in [-0.2, 0) is 16.0 Å². The van der Waals surface area contributed by atoms with Gasteiger partial charge in [-0.15, -0.1) is 0 Å². The summed E-state index contributed by atoms with van der Waals surface area (Å²) in [4.78, 5) is 26.1. The largest absolute Gasteiger partial charge is 0.480 e. The Morgan fingerprint density at radius 3 is 2.63 bits per heavy atom. The van der Waals surface area contributed by atoms with E-state index in [1.807, 2.05) is 42.5 Å². The van der Waals surface area contributed by atoms with Gasteiger partial charge in [0.2, 0.25) is 5.91 Å². The summed E-state index contributed by atoms with van der Waals surface area (Å²) in [5.74, 6) is -0.897. The van der Waals surface area contributed by atoms with Gasteiger partial charge in [0.25, 0.3) is 0 Å². The number of nitrogens with two attached hydrogens (primary N) is 1. The van der Waals surface area contributed by atoms with Gasteiger partial charge in [-0.05, 0) is 37.2 Å². The number of amides is 1. The van der Waals surface area contributed by atoms with Crippen molar-refractivity contribution in [3.8, 4) is 0 Å². The highest BCUT2D eigenvalue weighted by Gasteiger charge is 2.36. The highest BCUT2D eigenvalue weighted by molar-refractivity contribution is 5.86. The molecule has 1 fully saturated rings. The highest BCUT2D eigenvalue weighted by Crippen LogP contribution is 2.23. The Morgan fingerprint density at radius 1 is 1.30 bits per heavy atom. The fourth-order valence-corrected chi connectivity index (χ4v) is 3.59. The van der Waals surface area contributed by atoms with Crippen LogP contribution in [0.2, 0.25) is 0 Å². The van der Waals surface area contributed by atoms with Gasteiger partial charge >= 0.3 is 5.97 Å². The van der Waals surface area contributed by atoms with Gasteiger partial charge in [0.15, 0.2) is 0 Å². The van der Waals surface area contributed by atoms with Crippen molar-refractivity contribution in [3.63, 3.8) is 0 Å². The first kappa shape index (κ1) is 21.2. The number of rotatable bonds is 9. The summed E-state index contributed by atoms with van der Waals surface area (Å²) >= 11 is 0. The van der Waals surface area contributed by atoms with E-state index in [1.54, 1.807) is 0 Å². The van der Waals surface area contributed by atoms with E-state index >= 15 is 0 Å². The lowest BCUT2D eigenvalue weighted by molar-refractivity contribution is -0.149. The molecule has 0 aliphatic carbocycles. The van der Waals surface area contributed by atoms with Crippen molar-refractivity contribution in [2.45, 2.75) is 58.0 Å². The summed E-state index contributed by atoms with van der Waals surface area (Å²) < 4.78 is 0. The first-order valence-electron chi connectivity index (χ1n) is 9.93. The molecule has 1 aliphatic rings. The van der Waals surface area contributed by atoms with Crippen molar-refractivity contribution in [2.24, 2.45) is 17.6 Å². The average Bonchev–Trinajstić information content (AvgIpc) is 3.15. The molecule has 2 rings (SSSR count). The Bertz CT molecular complexity index is 644. The summed E-state index contributed by atoms with van der Waals surface area (Å²) in [5.41, 5.74) is 7.27. The maximum absolute atomic E-state index is 13.1. The molecule has 1 aromatic carbocycles. The molecule has 5 heteroatoms. The minimum Gasteiger partial charge on any atom is -0.480 e. The molecule has 1 unspecified atom stereocenters. The number of hydrogen-bond donors (Lipinski definition) is 2. The Hall–Kier alpha value is -2.14. The van der Waals surface area contributed by atoms with Gasteiger partial charge in [0, 0.05) is 12.6 Å². The van der Waals surface area contributed by atoms with Crippen LogP contribution in [0.1, 0.15) is 45.1 Å². The molecule has 0 bridgehead atoms.